The summed E-state index contributed by atoms with van der Waals surface area (Å²) < 4.78 is 5.89. The molecule has 1 N–H and O–H groups in total. The number of nitro groups is 1. The summed E-state index contributed by atoms with van der Waals surface area (Å²) in [7, 11) is 0. The molecule has 0 radical (unpaired) electrons. The van der Waals surface area contributed by atoms with Crippen molar-refractivity contribution in [3.63, 3.8) is 0 Å². The molecule has 156 valence electrons. The topological polar surface area (TPSA) is 98.3 Å². The number of nitrogens with one attached hydrogen (secondary N) is 1. The number of non-ortho nitro benzene ring substituents is 1. The smallest absolute Gasteiger partial charge is 0.269 e. The van der Waals surface area contributed by atoms with Gasteiger partial charge in [-0.2, -0.15) is 0 Å². The van der Waals surface area contributed by atoms with Crippen LogP contribution in [-0.2, 0) is 0 Å². The molecule has 0 aliphatic rings. The van der Waals surface area contributed by atoms with Gasteiger partial charge in [0.1, 0.15) is 5.52 Å². The standard InChI is InChI=1S/C24H21N3O4/c1-3-15(2)18-8-13-22-21(14-18)26-24(31-22)17-4-9-19(10-5-17)25-23(28)16-6-11-20(12-7-16)27(29)30/h4-15H,3H2,1-2H3,(H,25,28)/t15-/m0/s1. The summed E-state index contributed by atoms with van der Waals surface area (Å²) in [5.74, 6) is 0.634. The van der Waals surface area contributed by atoms with Gasteiger partial charge in [0, 0.05) is 28.9 Å². The SMILES string of the molecule is CC[C@H](C)c1ccc2oc(-c3ccc(NC(=O)c4ccc([N+](=O)[O-])cc4)cc3)nc2c1. The fourth-order valence-electron chi connectivity index (χ4n) is 3.24. The predicted octanol–water partition coefficient (Wildman–Crippen LogP) is 6.17. The highest BCUT2D eigenvalue weighted by atomic mass is 16.6. The van der Waals surface area contributed by atoms with Crippen LogP contribution in [0, 0.1) is 10.1 Å². The number of hydrogen-bond acceptors (Lipinski definition) is 5. The Bertz CT molecular complexity index is 1240. The van der Waals surface area contributed by atoms with E-state index in [0.29, 0.717) is 23.1 Å². The Hall–Kier alpha value is -4.00. The second-order valence-electron chi connectivity index (χ2n) is 7.39. The first-order valence-electron chi connectivity index (χ1n) is 10.0. The number of rotatable bonds is 6. The minimum Gasteiger partial charge on any atom is -0.436 e. The van der Waals surface area contributed by atoms with Gasteiger partial charge in [0.05, 0.1) is 4.92 Å². The van der Waals surface area contributed by atoms with E-state index in [1.165, 1.54) is 29.8 Å². The number of hydrogen-bond donors (Lipinski definition) is 1. The van der Waals surface area contributed by atoms with Crippen LogP contribution in [0.1, 0.15) is 42.1 Å². The molecule has 0 unspecified atom stereocenters. The maximum atomic E-state index is 12.4. The molecule has 4 rings (SSSR count). The summed E-state index contributed by atoms with van der Waals surface area (Å²) in [4.78, 5) is 27.2. The molecule has 7 nitrogen and oxygen atoms in total. The summed E-state index contributed by atoms with van der Waals surface area (Å²) >= 11 is 0. The zero-order valence-electron chi connectivity index (χ0n) is 17.2. The molecule has 0 spiro atoms. The molecular formula is C24H21N3O4. The third kappa shape index (κ3) is 4.30. The number of aromatic nitrogens is 1. The highest BCUT2D eigenvalue weighted by Crippen LogP contribution is 2.28. The van der Waals surface area contributed by atoms with Gasteiger partial charge in [-0.1, -0.05) is 19.9 Å². The number of benzene rings is 3. The minimum atomic E-state index is -0.502. The molecule has 4 aromatic rings. The highest BCUT2D eigenvalue weighted by Gasteiger charge is 2.12. The van der Waals surface area contributed by atoms with E-state index in [9.17, 15) is 14.9 Å². The Morgan fingerprint density at radius 2 is 1.81 bits per heavy atom. The Labute approximate surface area is 178 Å². The van der Waals surface area contributed by atoms with Gasteiger partial charge >= 0.3 is 0 Å². The Kier molecular flexibility index (Phi) is 5.49. The van der Waals surface area contributed by atoms with Gasteiger partial charge in [0.25, 0.3) is 11.6 Å². The van der Waals surface area contributed by atoms with Gasteiger partial charge in [-0.3, -0.25) is 14.9 Å². The van der Waals surface area contributed by atoms with Crippen LogP contribution in [0.2, 0.25) is 0 Å². The van der Waals surface area contributed by atoms with Crippen molar-refractivity contribution in [2.45, 2.75) is 26.2 Å². The van der Waals surface area contributed by atoms with Crippen molar-refractivity contribution in [2.75, 3.05) is 5.32 Å². The van der Waals surface area contributed by atoms with Crippen LogP contribution in [0.5, 0.6) is 0 Å². The van der Waals surface area contributed by atoms with E-state index in [1.807, 2.05) is 18.2 Å². The summed E-state index contributed by atoms with van der Waals surface area (Å²) in [5, 5.41) is 13.5. The number of anilines is 1. The summed E-state index contributed by atoms with van der Waals surface area (Å²) in [6.07, 6.45) is 1.06. The molecule has 1 heterocycles. The van der Waals surface area contributed by atoms with Crippen LogP contribution in [0.15, 0.2) is 71.1 Å². The van der Waals surface area contributed by atoms with Crippen LogP contribution in [-0.4, -0.2) is 15.8 Å². The zero-order chi connectivity index (χ0) is 22.0. The number of carbonyl (C=O) groups excluding carboxylic acids is 1. The van der Waals surface area contributed by atoms with E-state index in [0.717, 1.165) is 23.1 Å². The van der Waals surface area contributed by atoms with E-state index in [1.54, 1.807) is 12.1 Å². The quantitative estimate of drug-likeness (QED) is 0.300. The van der Waals surface area contributed by atoms with Crippen molar-refractivity contribution in [3.05, 3.63) is 88.0 Å². The molecule has 1 atom stereocenters. The maximum Gasteiger partial charge on any atom is 0.269 e. The normalized spacial score (nSPS) is 11.9. The van der Waals surface area contributed by atoms with Crippen LogP contribution >= 0.6 is 0 Å². The van der Waals surface area contributed by atoms with Crippen molar-refractivity contribution in [1.29, 1.82) is 0 Å². The number of carbonyl (C=O) groups is 1. The minimum absolute atomic E-state index is 0.0597. The van der Waals surface area contributed by atoms with Gasteiger partial charge in [0.2, 0.25) is 5.89 Å². The summed E-state index contributed by atoms with van der Waals surface area (Å²) in [6.45, 7) is 4.34. The van der Waals surface area contributed by atoms with Crippen LogP contribution < -0.4 is 5.32 Å². The molecule has 7 heteroatoms. The van der Waals surface area contributed by atoms with E-state index in [4.69, 9.17) is 4.42 Å². The van der Waals surface area contributed by atoms with Gasteiger partial charge in [-0.25, -0.2) is 4.98 Å². The second kappa shape index (κ2) is 8.39. The molecule has 0 saturated carbocycles. The van der Waals surface area contributed by atoms with Crippen molar-refractivity contribution < 1.29 is 14.1 Å². The van der Waals surface area contributed by atoms with Crippen LogP contribution in [0.4, 0.5) is 11.4 Å². The number of nitro benzene ring substituents is 1. The second-order valence-corrected chi connectivity index (χ2v) is 7.39. The number of nitrogens with zero attached hydrogens (tertiary/aromatic N) is 2. The van der Waals surface area contributed by atoms with E-state index in [-0.39, 0.29) is 11.6 Å². The monoisotopic (exact) mass is 415 g/mol. The van der Waals surface area contributed by atoms with Gasteiger partial charge in [0.15, 0.2) is 5.58 Å². The predicted molar refractivity (Wildman–Crippen MR) is 119 cm³/mol. The van der Waals surface area contributed by atoms with E-state index < -0.39 is 4.92 Å². The first kappa shape index (κ1) is 20.3. The Morgan fingerprint density at radius 1 is 1.10 bits per heavy atom. The van der Waals surface area contributed by atoms with Crippen LogP contribution in [0.25, 0.3) is 22.6 Å². The molecule has 3 aromatic carbocycles. The molecular weight excluding hydrogens is 394 g/mol. The van der Waals surface area contributed by atoms with Crippen molar-refractivity contribution in [2.24, 2.45) is 0 Å². The Balaban J connectivity index is 1.50. The molecule has 0 aliphatic heterocycles. The number of amides is 1. The fourth-order valence-corrected chi connectivity index (χ4v) is 3.24. The molecule has 1 amide bonds. The molecule has 0 bridgehead atoms. The molecule has 31 heavy (non-hydrogen) atoms. The first-order chi connectivity index (χ1) is 14.9. The lowest BCUT2D eigenvalue weighted by atomic mass is 9.98. The molecule has 0 fully saturated rings. The highest BCUT2D eigenvalue weighted by molar-refractivity contribution is 6.04. The van der Waals surface area contributed by atoms with Gasteiger partial charge in [-0.05, 0) is 66.4 Å². The molecule has 0 saturated heterocycles. The van der Waals surface area contributed by atoms with E-state index in [2.05, 4.69) is 36.3 Å². The van der Waals surface area contributed by atoms with Crippen molar-refractivity contribution in [3.8, 4) is 11.5 Å². The third-order valence-electron chi connectivity index (χ3n) is 5.32. The van der Waals surface area contributed by atoms with E-state index >= 15 is 0 Å². The largest absolute Gasteiger partial charge is 0.436 e. The molecule has 0 aliphatic carbocycles. The summed E-state index contributed by atoms with van der Waals surface area (Å²) in [6, 6.07) is 18.7. The number of fused-ring (bicyclic) bond motifs is 1. The maximum absolute atomic E-state index is 12.4. The average Bonchev–Trinajstić information content (AvgIpc) is 3.22. The lowest BCUT2D eigenvalue weighted by Crippen LogP contribution is -2.11. The zero-order valence-corrected chi connectivity index (χ0v) is 17.2. The fraction of sp³-hybridized carbons (Fsp3) is 0.167. The Morgan fingerprint density at radius 3 is 2.45 bits per heavy atom. The lowest BCUT2D eigenvalue weighted by Gasteiger charge is -2.07. The van der Waals surface area contributed by atoms with Gasteiger partial charge in [-0.15, -0.1) is 0 Å². The third-order valence-corrected chi connectivity index (χ3v) is 5.32. The molecule has 1 aromatic heterocycles. The number of oxazole rings is 1. The first-order valence-corrected chi connectivity index (χ1v) is 10.0. The lowest BCUT2D eigenvalue weighted by molar-refractivity contribution is -0.384. The summed E-state index contributed by atoms with van der Waals surface area (Å²) in [5.41, 5.74) is 4.47. The van der Waals surface area contributed by atoms with Crippen LogP contribution in [0.3, 0.4) is 0 Å². The van der Waals surface area contributed by atoms with Crippen molar-refractivity contribution in [1.82, 2.24) is 4.98 Å². The van der Waals surface area contributed by atoms with Crippen molar-refractivity contribution >= 4 is 28.4 Å². The van der Waals surface area contributed by atoms with Gasteiger partial charge < -0.3 is 9.73 Å². The average molecular weight is 415 g/mol.